The highest BCUT2D eigenvalue weighted by atomic mass is 16.6. The Morgan fingerprint density at radius 3 is 2.10 bits per heavy atom. The van der Waals surface area contributed by atoms with E-state index < -0.39 is 5.60 Å². The Kier molecular flexibility index (Phi) is 13.6. The quantitative estimate of drug-likeness (QED) is 0.669. The predicted molar refractivity (Wildman–Crippen MR) is 126 cm³/mol. The van der Waals surface area contributed by atoms with Gasteiger partial charge in [-0.1, -0.05) is 42.3 Å². The van der Waals surface area contributed by atoms with Gasteiger partial charge in [0.2, 0.25) is 0 Å². The SMILES string of the molecule is C=CCC(CC)=C1CCN(C(=O)OC(C)(C)C)CC1.C=O.CNC(=O)c1ccccc1. The first-order chi connectivity index (χ1) is 14.7. The van der Waals surface area contributed by atoms with Crippen LogP contribution in [-0.4, -0.2) is 49.4 Å². The molecular weight excluding hydrogens is 392 g/mol. The third kappa shape index (κ3) is 11.2. The Morgan fingerprint density at radius 1 is 1.13 bits per heavy atom. The van der Waals surface area contributed by atoms with Crippen LogP contribution in [0.25, 0.3) is 0 Å². The van der Waals surface area contributed by atoms with Gasteiger partial charge in [0.05, 0.1) is 0 Å². The van der Waals surface area contributed by atoms with Crippen molar-refractivity contribution in [2.45, 2.75) is 59.0 Å². The second-order valence-electron chi connectivity index (χ2n) is 7.97. The lowest BCUT2D eigenvalue weighted by molar-refractivity contribution is -0.0980. The molecule has 0 saturated carbocycles. The van der Waals surface area contributed by atoms with Crippen LogP contribution in [0.15, 0.2) is 54.1 Å². The van der Waals surface area contributed by atoms with E-state index in [1.165, 1.54) is 11.1 Å². The molecule has 0 unspecified atom stereocenters. The number of likely N-dealkylation sites (tertiary alicyclic amines) is 1. The van der Waals surface area contributed by atoms with Crippen molar-refractivity contribution in [2.75, 3.05) is 20.1 Å². The minimum absolute atomic E-state index is 0.0411. The van der Waals surface area contributed by atoms with Crippen LogP contribution >= 0.6 is 0 Å². The largest absolute Gasteiger partial charge is 0.444 e. The molecule has 6 nitrogen and oxygen atoms in total. The smallest absolute Gasteiger partial charge is 0.410 e. The summed E-state index contributed by atoms with van der Waals surface area (Å²) in [4.78, 5) is 32.7. The Bertz CT molecular complexity index is 711. The molecule has 0 bridgehead atoms. The minimum Gasteiger partial charge on any atom is -0.444 e. The molecule has 31 heavy (non-hydrogen) atoms. The Labute approximate surface area is 187 Å². The van der Waals surface area contributed by atoms with E-state index in [-0.39, 0.29) is 12.0 Å². The summed E-state index contributed by atoms with van der Waals surface area (Å²) in [5, 5.41) is 2.54. The number of carbonyl (C=O) groups excluding carboxylic acids is 3. The molecule has 1 aliphatic heterocycles. The summed E-state index contributed by atoms with van der Waals surface area (Å²) in [5.41, 5.74) is 3.27. The molecule has 0 atom stereocenters. The zero-order valence-corrected chi connectivity index (χ0v) is 19.7. The number of nitrogens with zero attached hydrogens (tertiary/aromatic N) is 1. The normalized spacial score (nSPS) is 12.9. The van der Waals surface area contributed by atoms with Crippen molar-refractivity contribution in [2.24, 2.45) is 0 Å². The Morgan fingerprint density at radius 2 is 1.68 bits per heavy atom. The van der Waals surface area contributed by atoms with Crippen LogP contribution in [0, 0.1) is 0 Å². The maximum atomic E-state index is 12.0. The molecule has 1 fully saturated rings. The summed E-state index contributed by atoms with van der Waals surface area (Å²) < 4.78 is 5.40. The van der Waals surface area contributed by atoms with Gasteiger partial charge in [0.25, 0.3) is 5.91 Å². The lowest BCUT2D eigenvalue weighted by atomic mass is 9.94. The van der Waals surface area contributed by atoms with Crippen LogP contribution in [0.3, 0.4) is 0 Å². The fourth-order valence-corrected chi connectivity index (χ4v) is 3.09. The zero-order valence-electron chi connectivity index (χ0n) is 19.7. The third-order valence-corrected chi connectivity index (χ3v) is 4.60. The first-order valence-electron chi connectivity index (χ1n) is 10.6. The third-order valence-electron chi connectivity index (χ3n) is 4.60. The van der Waals surface area contributed by atoms with Gasteiger partial charge in [0.15, 0.2) is 0 Å². The molecule has 2 amide bonds. The number of piperidine rings is 1. The summed E-state index contributed by atoms with van der Waals surface area (Å²) in [6.45, 7) is 15.2. The number of hydrogen-bond donors (Lipinski definition) is 1. The summed E-state index contributed by atoms with van der Waals surface area (Å²) in [7, 11) is 1.62. The zero-order chi connectivity index (χ0) is 23.9. The molecule has 1 aromatic carbocycles. The van der Waals surface area contributed by atoms with Gasteiger partial charge in [-0.15, -0.1) is 6.58 Å². The molecule has 1 heterocycles. The fourth-order valence-electron chi connectivity index (χ4n) is 3.09. The van der Waals surface area contributed by atoms with Crippen molar-refractivity contribution in [3.63, 3.8) is 0 Å². The molecule has 1 aromatic rings. The van der Waals surface area contributed by atoms with Crippen molar-refractivity contribution in [3.05, 3.63) is 59.7 Å². The maximum Gasteiger partial charge on any atom is 0.410 e. The number of rotatable bonds is 4. The van der Waals surface area contributed by atoms with Crippen LogP contribution < -0.4 is 5.32 Å². The number of hydrogen-bond acceptors (Lipinski definition) is 4. The van der Waals surface area contributed by atoms with E-state index >= 15 is 0 Å². The molecule has 1 N–H and O–H groups in total. The topological polar surface area (TPSA) is 75.7 Å². The van der Waals surface area contributed by atoms with Crippen molar-refractivity contribution in [1.29, 1.82) is 0 Å². The molecule has 0 spiro atoms. The fraction of sp³-hybridized carbons (Fsp3) is 0.480. The highest BCUT2D eigenvalue weighted by molar-refractivity contribution is 5.93. The second kappa shape index (κ2) is 15.0. The Hall–Kier alpha value is -2.89. The summed E-state index contributed by atoms with van der Waals surface area (Å²) in [6.07, 6.45) is 5.76. The van der Waals surface area contributed by atoms with E-state index in [1.54, 1.807) is 19.2 Å². The van der Waals surface area contributed by atoms with Gasteiger partial charge in [-0.2, -0.15) is 0 Å². The average Bonchev–Trinajstić information content (AvgIpc) is 2.78. The molecule has 172 valence electrons. The van der Waals surface area contributed by atoms with Gasteiger partial charge < -0.3 is 19.7 Å². The molecule has 0 aliphatic carbocycles. The first kappa shape index (κ1) is 28.1. The second-order valence-corrected chi connectivity index (χ2v) is 7.97. The van der Waals surface area contributed by atoms with Crippen LogP contribution in [-0.2, 0) is 9.53 Å². The van der Waals surface area contributed by atoms with Crippen LogP contribution in [0.5, 0.6) is 0 Å². The summed E-state index contributed by atoms with van der Waals surface area (Å²) in [6, 6.07) is 9.11. The lowest BCUT2D eigenvalue weighted by Gasteiger charge is -2.31. The van der Waals surface area contributed by atoms with E-state index in [1.807, 2.05) is 56.7 Å². The van der Waals surface area contributed by atoms with Crippen molar-refractivity contribution >= 4 is 18.8 Å². The van der Waals surface area contributed by atoms with Crippen LogP contribution in [0.2, 0.25) is 0 Å². The molecule has 0 aromatic heterocycles. The minimum atomic E-state index is -0.412. The molecule has 0 radical (unpaired) electrons. The number of ether oxygens (including phenoxy) is 1. The van der Waals surface area contributed by atoms with Crippen LogP contribution in [0.4, 0.5) is 4.79 Å². The molecule has 1 saturated heterocycles. The number of nitrogens with one attached hydrogen (secondary N) is 1. The van der Waals surface area contributed by atoms with Gasteiger partial charge in [-0.3, -0.25) is 4.79 Å². The van der Waals surface area contributed by atoms with Gasteiger partial charge in [-0.05, 0) is 58.6 Å². The number of allylic oxidation sites excluding steroid dienone is 2. The van der Waals surface area contributed by atoms with Crippen molar-refractivity contribution in [1.82, 2.24) is 10.2 Å². The van der Waals surface area contributed by atoms with Crippen LogP contribution in [0.1, 0.15) is 63.7 Å². The van der Waals surface area contributed by atoms with Crippen molar-refractivity contribution < 1.29 is 19.1 Å². The average molecular weight is 431 g/mol. The van der Waals surface area contributed by atoms with Gasteiger partial charge in [-0.25, -0.2) is 4.79 Å². The highest BCUT2D eigenvalue weighted by Crippen LogP contribution is 2.25. The first-order valence-corrected chi connectivity index (χ1v) is 10.6. The molecule has 6 heteroatoms. The molecular formula is C25H38N2O4. The standard InChI is InChI=1S/C16H27NO2.C8H9NO.CH2O/c1-6-8-13(7-2)14-9-11-17(12-10-14)15(18)19-16(3,4)5;1-9-8(10)7-5-3-2-4-6-7;1-2/h6H,1,7-12H2,2-5H3;2-6H,1H3,(H,9,10);1H2. The van der Waals surface area contributed by atoms with E-state index in [9.17, 15) is 9.59 Å². The van der Waals surface area contributed by atoms with E-state index in [0.717, 1.165) is 38.8 Å². The number of benzene rings is 1. The van der Waals surface area contributed by atoms with Gasteiger partial charge in [0.1, 0.15) is 12.4 Å². The monoisotopic (exact) mass is 430 g/mol. The van der Waals surface area contributed by atoms with Gasteiger partial charge >= 0.3 is 6.09 Å². The predicted octanol–water partition coefficient (Wildman–Crippen LogP) is 5.16. The highest BCUT2D eigenvalue weighted by Gasteiger charge is 2.25. The number of carbonyl (C=O) groups is 3. The summed E-state index contributed by atoms with van der Waals surface area (Å²) in [5.74, 6) is -0.0411. The molecule has 2 rings (SSSR count). The lowest BCUT2D eigenvalue weighted by Crippen LogP contribution is -2.40. The van der Waals surface area contributed by atoms with Crippen molar-refractivity contribution in [3.8, 4) is 0 Å². The maximum absolute atomic E-state index is 12.0. The number of amides is 2. The van der Waals surface area contributed by atoms with Gasteiger partial charge in [0, 0.05) is 25.7 Å². The van der Waals surface area contributed by atoms with E-state index in [0.29, 0.717) is 5.56 Å². The van der Waals surface area contributed by atoms with E-state index in [2.05, 4.69) is 18.8 Å². The van der Waals surface area contributed by atoms with E-state index in [4.69, 9.17) is 9.53 Å². The molecule has 1 aliphatic rings. The summed E-state index contributed by atoms with van der Waals surface area (Å²) >= 11 is 0. The Balaban J connectivity index is 0.000000628.